The van der Waals surface area contributed by atoms with Gasteiger partial charge in [-0.3, -0.25) is 9.78 Å². The summed E-state index contributed by atoms with van der Waals surface area (Å²) < 4.78 is 12.0. The summed E-state index contributed by atoms with van der Waals surface area (Å²) in [5.41, 5.74) is 2.80. The molecule has 5 rings (SSSR count). The molecule has 0 bridgehead atoms. The van der Waals surface area contributed by atoms with Gasteiger partial charge in [0.15, 0.2) is 0 Å². The predicted octanol–water partition coefficient (Wildman–Crippen LogP) is 4.44. The minimum Gasteiger partial charge on any atom is -0.485 e. The minimum atomic E-state index is -0.497. The Kier molecular flexibility index (Phi) is 6.88. The van der Waals surface area contributed by atoms with E-state index in [1.165, 1.54) is 0 Å². The first kappa shape index (κ1) is 25.5. The zero-order chi connectivity index (χ0) is 26.2. The molecule has 1 atom stereocenters. The highest BCUT2D eigenvalue weighted by Gasteiger charge is 2.41. The van der Waals surface area contributed by atoms with Crippen molar-refractivity contribution in [3.63, 3.8) is 0 Å². The topological polar surface area (TPSA) is 92.2 Å². The Morgan fingerprint density at radius 3 is 2.54 bits per heavy atom. The Balaban J connectivity index is 1.23. The van der Waals surface area contributed by atoms with E-state index in [9.17, 15) is 14.7 Å². The van der Waals surface area contributed by atoms with Gasteiger partial charge in [-0.2, -0.15) is 0 Å². The third kappa shape index (κ3) is 5.44. The molecule has 0 saturated carbocycles. The first-order chi connectivity index (χ1) is 17.7. The molecule has 8 nitrogen and oxygen atoms in total. The second-order valence-electron chi connectivity index (χ2n) is 11.5. The van der Waals surface area contributed by atoms with Crippen LogP contribution in [-0.4, -0.2) is 75.4 Å². The number of carbonyl (C=O) groups excluding carboxylic acids is 2. The number of amides is 2. The van der Waals surface area contributed by atoms with Crippen LogP contribution >= 0.6 is 0 Å². The van der Waals surface area contributed by atoms with Crippen LogP contribution in [-0.2, 0) is 11.2 Å². The van der Waals surface area contributed by atoms with E-state index in [2.05, 4.69) is 11.1 Å². The SMILES string of the molecule is CC(C)(C)OC(=O)N1CCC2(CCc3cc(-c4ccc(C(=O)N5CCCC5CO)cc4)ncc3O2)CC1. The van der Waals surface area contributed by atoms with Crippen LogP contribution in [0.5, 0.6) is 5.75 Å². The van der Waals surface area contributed by atoms with Gasteiger partial charge in [-0.1, -0.05) is 12.1 Å². The predicted molar refractivity (Wildman–Crippen MR) is 140 cm³/mol. The number of piperidine rings is 1. The van der Waals surface area contributed by atoms with Crippen LogP contribution in [0.1, 0.15) is 68.8 Å². The Bertz CT molecular complexity index is 1150. The lowest BCUT2D eigenvalue weighted by Crippen LogP contribution is -2.52. The Morgan fingerprint density at radius 1 is 1.14 bits per heavy atom. The molecule has 1 N–H and O–H groups in total. The van der Waals surface area contributed by atoms with Crippen molar-refractivity contribution in [2.45, 2.75) is 76.5 Å². The highest BCUT2D eigenvalue weighted by molar-refractivity contribution is 5.95. The molecule has 0 radical (unpaired) electrons. The fourth-order valence-corrected chi connectivity index (χ4v) is 5.59. The van der Waals surface area contributed by atoms with Crippen molar-refractivity contribution in [3.8, 4) is 17.0 Å². The number of aromatic nitrogens is 1. The summed E-state index contributed by atoms with van der Waals surface area (Å²) in [5.74, 6) is 0.787. The highest BCUT2D eigenvalue weighted by Crippen LogP contribution is 2.40. The highest BCUT2D eigenvalue weighted by atomic mass is 16.6. The number of ether oxygens (including phenoxy) is 2. The molecule has 4 heterocycles. The van der Waals surface area contributed by atoms with Crippen molar-refractivity contribution in [1.82, 2.24) is 14.8 Å². The number of hydrogen-bond acceptors (Lipinski definition) is 6. The van der Waals surface area contributed by atoms with E-state index >= 15 is 0 Å². The number of pyridine rings is 1. The van der Waals surface area contributed by atoms with Crippen LogP contribution in [0.4, 0.5) is 4.79 Å². The summed E-state index contributed by atoms with van der Waals surface area (Å²) in [5, 5.41) is 9.54. The number of hydrogen-bond donors (Lipinski definition) is 1. The molecule has 0 aliphatic carbocycles. The summed E-state index contributed by atoms with van der Waals surface area (Å²) in [6.45, 7) is 7.60. The van der Waals surface area contributed by atoms with Gasteiger partial charge < -0.3 is 24.4 Å². The number of aryl methyl sites for hydroxylation is 1. The van der Waals surface area contributed by atoms with Crippen molar-refractivity contribution in [2.75, 3.05) is 26.2 Å². The van der Waals surface area contributed by atoms with Gasteiger partial charge in [0.05, 0.1) is 24.5 Å². The van der Waals surface area contributed by atoms with Crippen molar-refractivity contribution in [1.29, 1.82) is 0 Å². The smallest absolute Gasteiger partial charge is 0.410 e. The molecular weight excluding hydrogens is 470 g/mol. The maximum atomic E-state index is 12.9. The minimum absolute atomic E-state index is 0.00816. The fourth-order valence-electron chi connectivity index (χ4n) is 5.59. The van der Waals surface area contributed by atoms with E-state index in [-0.39, 0.29) is 30.3 Å². The molecule has 8 heteroatoms. The summed E-state index contributed by atoms with van der Waals surface area (Å²) in [6.07, 6.45) is 6.68. The van der Waals surface area contributed by atoms with E-state index in [0.717, 1.165) is 61.1 Å². The van der Waals surface area contributed by atoms with E-state index in [1.807, 2.05) is 45.0 Å². The van der Waals surface area contributed by atoms with Gasteiger partial charge in [-0.15, -0.1) is 0 Å². The summed E-state index contributed by atoms with van der Waals surface area (Å²) in [4.78, 5) is 33.5. The first-order valence-corrected chi connectivity index (χ1v) is 13.3. The van der Waals surface area contributed by atoms with Crippen molar-refractivity contribution in [2.24, 2.45) is 0 Å². The molecule has 2 saturated heterocycles. The van der Waals surface area contributed by atoms with Crippen LogP contribution in [0.2, 0.25) is 0 Å². The van der Waals surface area contributed by atoms with Gasteiger partial charge >= 0.3 is 6.09 Å². The molecule has 198 valence electrons. The van der Waals surface area contributed by atoms with Crippen LogP contribution in [0.3, 0.4) is 0 Å². The number of likely N-dealkylation sites (tertiary alicyclic amines) is 2. The number of nitrogens with zero attached hydrogens (tertiary/aromatic N) is 3. The van der Waals surface area contributed by atoms with Crippen LogP contribution < -0.4 is 4.74 Å². The standard InChI is InChI=1S/C29H37N3O5/c1-28(2,3)37-27(35)31-15-12-29(13-16-31)11-10-22-17-24(30-18-25(22)36-29)20-6-8-21(9-7-20)26(34)32-14-4-5-23(32)19-33/h6-9,17-18,23,33H,4-5,10-16,19H2,1-3H3. The molecule has 1 aromatic carbocycles. The molecule has 1 unspecified atom stereocenters. The van der Waals surface area contributed by atoms with Gasteiger partial charge in [0.25, 0.3) is 5.91 Å². The third-order valence-electron chi connectivity index (χ3n) is 7.73. The Hall–Kier alpha value is -3.13. The lowest BCUT2D eigenvalue weighted by atomic mass is 9.83. The van der Waals surface area contributed by atoms with E-state index in [4.69, 9.17) is 9.47 Å². The van der Waals surface area contributed by atoms with Gasteiger partial charge in [0.2, 0.25) is 0 Å². The fraction of sp³-hybridized carbons (Fsp3) is 0.552. The average Bonchev–Trinajstić information content (AvgIpc) is 3.36. The monoisotopic (exact) mass is 507 g/mol. The number of aliphatic hydroxyl groups excluding tert-OH is 1. The summed E-state index contributed by atoms with van der Waals surface area (Å²) >= 11 is 0. The molecule has 1 spiro atoms. The average molecular weight is 508 g/mol. The second-order valence-corrected chi connectivity index (χ2v) is 11.5. The maximum absolute atomic E-state index is 12.9. The molecule has 3 aliphatic rings. The number of rotatable bonds is 3. The summed E-state index contributed by atoms with van der Waals surface area (Å²) in [6, 6.07) is 9.55. The molecule has 1 aromatic heterocycles. The van der Waals surface area contributed by atoms with Gasteiger partial charge in [-0.05, 0) is 70.2 Å². The lowest BCUT2D eigenvalue weighted by molar-refractivity contribution is -0.0274. The van der Waals surface area contributed by atoms with E-state index in [1.54, 1.807) is 16.0 Å². The largest absolute Gasteiger partial charge is 0.485 e. The number of aliphatic hydroxyl groups is 1. The zero-order valence-electron chi connectivity index (χ0n) is 22.0. The molecule has 3 aliphatic heterocycles. The quantitative estimate of drug-likeness (QED) is 0.660. The van der Waals surface area contributed by atoms with Gasteiger partial charge in [-0.25, -0.2) is 4.79 Å². The Labute approximate surface area is 218 Å². The third-order valence-corrected chi connectivity index (χ3v) is 7.73. The number of benzene rings is 1. The van der Waals surface area contributed by atoms with Gasteiger partial charge in [0.1, 0.15) is 17.0 Å². The molecule has 2 fully saturated rings. The van der Waals surface area contributed by atoms with Crippen molar-refractivity contribution >= 4 is 12.0 Å². The molecule has 2 aromatic rings. The van der Waals surface area contributed by atoms with E-state index < -0.39 is 5.60 Å². The molecular formula is C29H37N3O5. The van der Waals surface area contributed by atoms with E-state index in [0.29, 0.717) is 25.2 Å². The first-order valence-electron chi connectivity index (χ1n) is 13.3. The summed E-state index contributed by atoms with van der Waals surface area (Å²) in [7, 11) is 0. The molecule has 37 heavy (non-hydrogen) atoms. The van der Waals surface area contributed by atoms with Gasteiger partial charge in [0, 0.05) is 43.6 Å². The second kappa shape index (κ2) is 9.97. The Morgan fingerprint density at radius 2 is 1.86 bits per heavy atom. The van der Waals surface area contributed by atoms with Crippen LogP contribution in [0.25, 0.3) is 11.3 Å². The van der Waals surface area contributed by atoms with Crippen LogP contribution in [0, 0.1) is 0 Å². The van der Waals surface area contributed by atoms with Crippen molar-refractivity contribution in [3.05, 3.63) is 47.7 Å². The normalized spacial score (nSPS) is 20.9. The molecule has 2 amide bonds. The van der Waals surface area contributed by atoms with Crippen LogP contribution in [0.15, 0.2) is 36.5 Å². The number of fused-ring (bicyclic) bond motifs is 1. The lowest BCUT2D eigenvalue weighted by Gasteiger charge is -2.44. The maximum Gasteiger partial charge on any atom is 0.410 e. The van der Waals surface area contributed by atoms with Crippen molar-refractivity contribution < 1.29 is 24.2 Å². The zero-order valence-corrected chi connectivity index (χ0v) is 22.0. The number of carbonyl (C=O) groups is 2.